The maximum atomic E-state index is 3.89. The minimum atomic E-state index is 0.0971. The number of nitrogens with one attached hydrogen (secondary N) is 1. The van der Waals surface area contributed by atoms with Crippen LogP contribution in [0.1, 0.15) is 101 Å². The van der Waals surface area contributed by atoms with Gasteiger partial charge in [-0.2, -0.15) is 0 Å². The molecule has 0 aliphatic heterocycles. The molecular weight excluding hydrogens is 687 g/mol. The third-order valence-electron chi connectivity index (χ3n) is 9.66. The van der Waals surface area contributed by atoms with Gasteiger partial charge >= 0.3 is 0 Å². The van der Waals surface area contributed by atoms with Gasteiger partial charge in [-0.25, -0.2) is 0 Å². The van der Waals surface area contributed by atoms with Gasteiger partial charge in [0.1, 0.15) is 0 Å². The molecule has 1 N–H and O–H groups in total. The summed E-state index contributed by atoms with van der Waals surface area (Å²) in [5.74, 6) is 0.422. The van der Waals surface area contributed by atoms with Crippen molar-refractivity contribution in [2.75, 3.05) is 0 Å². The number of hydrogen-bond donors (Lipinski definition) is 1. The summed E-state index contributed by atoms with van der Waals surface area (Å²) in [6, 6.07) is 64.8. The van der Waals surface area contributed by atoms with Crippen molar-refractivity contribution in [3.8, 4) is 11.1 Å². The third-order valence-corrected chi connectivity index (χ3v) is 9.66. The van der Waals surface area contributed by atoms with Gasteiger partial charge < -0.3 is 5.32 Å². The van der Waals surface area contributed by atoms with Crippen LogP contribution in [0.4, 0.5) is 0 Å². The van der Waals surface area contributed by atoms with Crippen LogP contribution in [-0.2, 0) is 6.42 Å². The normalized spacial score (nSPS) is 11.6. The van der Waals surface area contributed by atoms with Crippen molar-refractivity contribution in [3.63, 3.8) is 0 Å². The van der Waals surface area contributed by atoms with Crippen LogP contribution < -0.4 is 5.32 Å². The molecule has 0 saturated heterocycles. The average Bonchev–Trinajstić information content (AvgIpc) is 3.28. The molecule has 0 amide bonds. The zero-order valence-corrected chi connectivity index (χ0v) is 36.3. The molecule has 0 fully saturated rings. The van der Waals surface area contributed by atoms with E-state index in [-0.39, 0.29) is 12.1 Å². The monoisotopic (exact) mass is 754 g/mol. The van der Waals surface area contributed by atoms with E-state index in [1.54, 1.807) is 0 Å². The zero-order valence-electron chi connectivity index (χ0n) is 36.3. The first kappa shape index (κ1) is 45.9. The maximum absolute atomic E-state index is 3.89. The van der Waals surface area contributed by atoms with Crippen LogP contribution in [0.2, 0.25) is 0 Å². The Kier molecular flexibility index (Phi) is 20.6. The van der Waals surface area contributed by atoms with E-state index in [1.165, 1.54) is 60.9 Å². The molecule has 7 aromatic carbocycles. The highest BCUT2D eigenvalue weighted by Gasteiger charge is 2.17. The molecule has 7 rings (SSSR count). The van der Waals surface area contributed by atoms with Crippen LogP contribution in [0.15, 0.2) is 188 Å². The predicted molar refractivity (Wildman–Crippen MR) is 254 cm³/mol. The fourth-order valence-corrected chi connectivity index (χ4v) is 6.54. The molecular formula is C56H67N. The maximum Gasteiger partial charge on any atom is 0.0516 e. The van der Waals surface area contributed by atoms with Crippen LogP contribution in [0.3, 0.4) is 0 Å². The quantitative estimate of drug-likeness (QED) is 0.155. The average molecular weight is 754 g/mol. The molecule has 1 heteroatoms. The minimum Gasteiger partial charge on any atom is -0.300 e. The van der Waals surface area contributed by atoms with Gasteiger partial charge in [-0.1, -0.05) is 248 Å². The van der Waals surface area contributed by atoms with Gasteiger partial charge in [0.15, 0.2) is 0 Å². The minimum absolute atomic E-state index is 0.0971. The predicted octanol–water partition coefficient (Wildman–Crippen LogP) is 16.2. The molecule has 0 aliphatic carbocycles. The van der Waals surface area contributed by atoms with Gasteiger partial charge in [0, 0.05) is 6.04 Å². The zero-order chi connectivity index (χ0) is 41.4. The summed E-state index contributed by atoms with van der Waals surface area (Å²) < 4.78 is 0. The van der Waals surface area contributed by atoms with Crippen LogP contribution in [0.5, 0.6) is 0 Å². The van der Waals surface area contributed by atoms with Gasteiger partial charge in [-0.15, -0.1) is 0 Å². The first-order valence-electron chi connectivity index (χ1n) is 21.1. The van der Waals surface area contributed by atoms with Crippen LogP contribution >= 0.6 is 0 Å². The topological polar surface area (TPSA) is 12.0 Å². The van der Waals surface area contributed by atoms with E-state index >= 15 is 0 Å². The van der Waals surface area contributed by atoms with E-state index in [1.807, 2.05) is 45.9 Å². The third kappa shape index (κ3) is 14.8. The Morgan fingerprint density at radius 2 is 0.965 bits per heavy atom. The summed E-state index contributed by atoms with van der Waals surface area (Å²) in [7, 11) is 0. The Labute approximate surface area is 346 Å². The summed E-state index contributed by atoms with van der Waals surface area (Å²) in [6.07, 6.45) is 3.53. The first-order valence-corrected chi connectivity index (χ1v) is 21.1. The molecule has 0 heterocycles. The van der Waals surface area contributed by atoms with E-state index in [0.29, 0.717) is 5.92 Å². The van der Waals surface area contributed by atoms with Gasteiger partial charge in [-0.05, 0) is 82.8 Å². The number of aryl methyl sites for hydroxylation is 3. The molecule has 2 unspecified atom stereocenters. The van der Waals surface area contributed by atoms with E-state index < -0.39 is 0 Å². The molecule has 7 aromatic rings. The summed E-state index contributed by atoms with van der Waals surface area (Å²) in [5, 5.41) is 6.63. The highest BCUT2D eigenvalue weighted by molar-refractivity contribution is 5.85. The van der Waals surface area contributed by atoms with Crippen molar-refractivity contribution in [1.29, 1.82) is 0 Å². The molecule has 0 bridgehead atoms. The number of benzene rings is 7. The lowest BCUT2D eigenvalue weighted by molar-refractivity contribution is 0.526. The molecule has 0 aliphatic rings. The van der Waals surface area contributed by atoms with Crippen LogP contribution in [-0.4, -0.2) is 0 Å². The lowest BCUT2D eigenvalue weighted by atomic mass is 9.91. The number of allylic oxidation sites excluding steroid dienone is 1. The lowest BCUT2D eigenvalue weighted by Crippen LogP contribution is -2.24. The standard InChI is InChI=1S/C33H35N.C12H12.C7H8.2C2H6/c1-24(2)32(30-13-9-6-10-14-30)23-33(34-26(4)27-11-7-5-8-12-27)31-21-19-29(20-22-31)28-17-15-25(3)16-18-28;1-2-10-7-5-8-11-6-3-4-9-12(10)11;1-7-5-3-2-4-6-7;2*1-2/h5-24,26,33-34H,1-4H3;3-9H,2H2,1H3;2-6H,1H3;2*1-2H3/b32-23+;;;;. The summed E-state index contributed by atoms with van der Waals surface area (Å²) >= 11 is 0. The van der Waals surface area contributed by atoms with Gasteiger partial charge in [-0.3, -0.25) is 0 Å². The Morgan fingerprint density at radius 1 is 0.491 bits per heavy atom. The first-order chi connectivity index (χ1) is 27.8. The van der Waals surface area contributed by atoms with E-state index in [9.17, 15) is 0 Å². The lowest BCUT2D eigenvalue weighted by Gasteiger charge is -2.24. The van der Waals surface area contributed by atoms with E-state index in [4.69, 9.17) is 0 Å². The molecule has 1 nitrogen and oxygen atoms in total. The second-order valence-corrected chi connectivity index (χ2v) is 14.1. The fourth-order valence-electron chi connectivity index (χ4n) is 6.54. The van der Waals surface area contributed by atoms with Gasteiger partial charge in [0.25, 0.3) is 0 Å². The molecule has 0 radical (unpaired) electrons. The number of fused-ring (bicyclic) bond motifs is 1. The smallest absolute Gasteiger partial charge is 0.0516 e. The van der Waals surface area contributed by atoms with E-state index in [2.05, 4.69) is 217 Å². The Hall–Kier alpha value is -5.50. The van der Waals surface area contributed by atoms with Crippen LogP contribution in [0, 0.1) is 19.8 Å². The number of hydrogen-bond acceptors (Lipinski definition) is 1. The Bertz CT molecular complexity index is 2110. The van der Waals surface area contributed by atoms with Crippen molar-refractivity contribution in [1.82, 2.24) is 5.32 Å². The summed E-state index contributed by atoms with van der Waals surface area (Å²) in [4.78, 5) is 0. The molecule has 0 saturated carbocycles. The SMILES string of the molecule is CC.CC.CCc1cccc2ccccc12.Cc1ccc(-c2ccc(C(/C=C(/c3ccccc3)C(C)C)NC(C)c3ccccc3)cc2)cc1.Cc1ccccc1. The van der Waals surface area contributed by atoms with Crippen molar-refractivity contribution in [3.05, 3.63) is 221 Å². The van der Waals surface area contributed by atoms with Crippen molar-refractivity contribution < 1.29 is 0 Å². The molecule has 0 aromatic heterocycles. The van der Waals surface area contributed by atoms with Crippen LogP contribution in [0.25, 0.3) is 27.5 Å². The molecule has 0 spiro atoms. The largest absolute Gasteiger partial charge is 0.300 e. The Balaban J connectivity index is 0.000000306. The second-order valence-electron chi connectivity index (χ2n) is 14.1. The van der Waals surface area contributed by atoms with Crippen molar-refractivity contribution >= 4 is 16.3 Å². The fraction of sp³-hybridized carbons (Fsp3) is 0.250. The highest BCUT2D eigenvalue weighted by Crippen LogP contribution is 2.31. The van der Waals surface area contributed by atoms with Gasteiger partial charge in [0.2, 0.25) is 0 Å². The Morgan fingerprint density at radius 3 is 1.49 bits per heavy atom. The van der Waals surface area contributed by atoms with Gasteiger partial charge in [0.05, 0.1) is 6.04 Å². The summed E-state index contributed by atoms with van der Waals surface area (Å²) in [6.45, 7) is 21.2. The molecule has 2 atom stereocenters. The molecule has 57 heavy (non-hydrogen) atoms. The summed E-state index contributed by atoms with van der Waals surface area (Å²) in [5.41, 5.74) is 11.8. The highest BCUT2D eigenvalue weighted by atomic mass is 14.9. The van der Waals surface area contributed by atoms with E-state index in [0.717, 1.165) is 6.42 Å². The number of rotatable bonds is 9. The molecule has 296 valence electrons. The van der Waals surface area contributed by atoms with Crippen molar-refractivity contribution in [2.45, 2.75) is 87.7 Å². The second kappa shape index (κ2) is 25.6. The van der Waals surface area contributed by atoms with Crippen molar-refractivity contribution in [2.24, 2.45) is 5.92 Å².